The van der Waals surface area contributed by atoms with Gasteiger partial charge in [0.2, 0.25) is 5.91 Å². The van der Waals surface area contributed by atoms with Crippen LogP contribution in [-0.2, 0) is 16.1 Å². The number of fused-ring (bicyclic) bond motifs is 1. The summed E-state index contributed by atoms with van der Waals surface area (Å²) in [6.45, 7) is 5.31. The lowest BCUT2D eigenvalue weighted by molar-refractivity contribution is -0.147. The lowest BCUT2D eigenvalue weighted by atomic mass is 9.92. The zero-order valence-corrected chi connectivity index (χ0v) is 23.1. The summed E-state index contributed by atoms with van der Waals surface area (Å²) in [5, 5.41) is 17.6. The summed E-state index contributed by atoms with van der Waals surface area (Å²) in [4.78, 5) is 59.6. The van der Waals surface area contributed by atoms with E-state index in [0.717, 1.165) is 25.7 Å². The maximum Gasteiger partial charge on any atom is 0.319 e. The number of H-pyrrole nitrogens is 1. The Labute approximate surface area is 240 Å². The molecule has 12 heteroatoms. The zero-order valence-electron chi connectivity index (χ0n) is 23.1. The fourth-order valence-corrected chi connectivity index (χ4v) is 5.75. The Bertz CT molecular complexity index is 1620. The summed E-state index contributed by atoms with van der Waals surface area (Å²) in [7, 11) is 0. The lowest BCUT2D eigenvalue weighted by Crippen LogP contribution is -2.33. The molecule has 1 saturated heterocycles. The molecule has 218 valence electrons. The first kappa shape index (κ1) is 27.6. The molecule has 3 aliphatic rings. The van der Waals surface area contributed by atoms with Gasteiger partial charge in [0.15, 0.2) is 0 Å². The molecule has 1 aliphatic carbocycles. The molecule has 2 fully saturated rings. The third kappa shape index (κ3) is 4.91. The Morgan fingerprint density at radius 2 is 1.81 bits per heavy atom. The van der Waals surface area contributed by atoms with Crippen LogP contribution in [-0.4, -0.2) is 69.8 Å². The quantitative estimate of drug-likeness (QED) is 0.246. The van der Waals surface area contributed by atoms with E-state index in [9.17, 15) is 24.3 Å². The largest absolute Gasteiger partial charge is 0.480 e. The minimum Gasteiger partial charge on any atom is -0.480 e. The minimum absolute atomic E-state index is 0.147. The Balaban J connectivity index is 1.24. The molecule has 42 heavy (non-hydrogen) atoms. The highest BCUT2D eigenvalue weighted by molar-refractivity contribution is 6.11. The van der Waals surface area contributed by atoms with Gasteiger partial charge in [0.25, 0.3) is 11.8 Å². The van der Waals surface area contributed by atoms with Gasteiger partial charge in [-0.25, -0.2) is 9.37 Å². The number of halogens is 1. The minimum atomic E-state index is -1.45. The second-order valence-corrected chi connectivity index (χ2v) is 11.1. The van der Waals surface area contributed by atoms with E-state index in [-0.39, 0.29) is 48.1 Å². The molecule has 3 aromatic rings. The fraction of sp³-hybridized carbons (Fsp3) is 0.367. The molecule has 1 saturated carbocycles. The van der Waals surface area contributed by atoms with Gasteiger partial charge in [0.05, 0.1) is 5.56 Å². The molecule has 0 bridgehead atoms. The summed E-state index contributed by atoms with van der Waals surface area (Å²) in [6, 6.07) is 7.50. The maximum atomic E-state index is 15.4. The number of nitrogens with one attached hydrogen (secondary N) is 4. The number of carboxylic acids is 1. The van der Waals surface area contributed by atoms with Crippen LogP contribution in [0.5, 0.6) is 0 Å². The Kier molecular flexibility index (Phi) is 7.01. The summed E-state index contributed by atoms with van der Waals surface area (Å²) < 4.78 is 15.4. The smallest absolute Gasteiger partial charge is 0.319 e. The Morgan fingerprint density at radius 1 is 1.10 bits per heavy atom. The lowest BCUT2D eigenvalue weighted by Gasteiger charge is -2.14. The number of hydrogen-bond acceptors (Lipinski definition) is 6. The van der Waals surface area contributed by atoms with Crippen molar-refractivity contribution in [2.75, 3.05) is 31.5 Å². The number of carbonyl (C=O) groups is 4. The second-order valence-electron chi connectivity index (χ2n) is 11.1. The number of rotatable bonds is 9. The zero-order chi connectivity index (χ0) is 29.6. The average Bonchev–Trinajstić information content (AvgIpc) is 3.22. The SMILES string of the molecule is Cc1[nH]c(-c2ccc(-c3ccc(NC(=O)C4(C(=O)O)CC4)cc3F)c3c2C(=O)NC3)nc1C(=O)NCCN1CCCC1. The van der Waals surface area contributed by atoms with Crippen molar-refractivity contribution in [1.29, 1.82) is 0 Å². The molecule has 2 aliphatic heterocycles. The summed E-state index contributed by atoms with van der Waals surface area (Å²) in [5.74, 6) is -2.76. The van der Waals surface area contributed by atoms with Gasteiger partial charge in [-0.3, -0.25) is 19.2 Å². The van der Waals surface area contributed by atoms with Crippen molar-refractivity contribution in [3.8, 4) is 22.5 Å². The van der Waals surface area contributed by atoms with E-state index >= 15 is 4.39 Å². The molecular formula is C30H31FN6O5. The van der Waals surface area contributed by atoms with Crippen LogP contribution >= 0.6 is 0 Å². The van der Waals surface area contributed by atoms with Gasteiger partial charge < -0.3 is 30.9 Å². The van der Waals surface area contributed by atoms with Crippen molar-refractivity contribution in [3.05, 3.63) is 58.7 Å². The highest BCUT2D eigenvalue weighted by atomic mass is 19.1. The van der Waals surface area contributed by atoms with Gasteiger partial charge in [0.1, 0.15) is 22.8 Å². The first-order valence-corrected chi connectivity index (χ1v) is 14.0. The van der Waals surface area contributed by atoms with Gasteiger partial charge >= 0.3 is 5.97 Å². The van der Waals surface area contributed by atoms with E-state index in [1.807, 2.05) is 0 Å². The molecule has 0 atom stereocenters. The molecule has 1 aromatic heterocycles. The number of aromatic amines is 1. The standard InChI is InChI=1S/C30H31FN6O5/c1-16-24(27(39)32-10-13-37-11-2-3-12-37)36-25(34-16)20-7-6-18(21-15-33-26(38)23(20)21)19-5-4-17(14-22(19)31)35-28(40)30(8-9-30)29(41)42/h4-7,14H,2-3,8-13,15H2,1H3,(H,32,39)(H,33,38)(H,34,36)(H,35,40)(H,41,42). The topological polar surface area (TPSA) is 157 Å². The molecule has 0 unspecified atom stereocenters. The maximum absolute atomic E-state index is 15.4. The van der Waals surface area contributed by atoms with Crippen LogP contribution in [0.4, 0.5) is 10.1 Å². The molecular weight excluding hydrogens is 543 g/mol. The van der Waals surface area contributed by atoms with E-state index in [1.165, 1.54) is 25.0 Å². The summed E-state index contributed by atoms with van der Waals surface area (Å²) in [6.07, 6.45) is 2.85. The molecule has 2 aromatic carbocycles. The molecule has 0 radical (unpaired) electrons. The second kappa shape index (κ2) is 10.7. The summed E-state index contributed by atoms with van der Waals surface area (Å²) in [5.41, 5.74) is 1.66. The van der Waals surface area contributed by atoms with Crippen molar-refractivity contribution in [1.82, 2.24) is 25.5 Å². The van der Waals surface area contributed by atoms with Crippen LogP contribution in [0.3, 0.4) is 0 Å². The normalized spacial score (nSPS) is 17.0. The highest BCUT2D eigenvalue weighted by Gasteiger charge is 2.57. The van der Waals surface area contributed by atoms with E-state index in [1.54, 1.807) is 19.1 Å². The predicted molar refractivity (Wildman–Crippen MR) is 151 cm³/mol. The molecule has 3 heterocycles. The monoisotopic (exact) mass is 574 g/mol. The van der Waals surface area contributed by atoms with E-state index in [0.29, 0.717) is 40.3 Å². The number of anilines is 1. The number of nitrogens with zero attached hydrogens (tertiary/aromatic N) is 2. The van der Waals surface area contributed by atoms with Crippen LogP contribution in [0.25, 0.3) is 22.5 Å². The van der Waals surface area contributed by atoms with Crippen LogP contribution in [0.1, 0.15) is 57.8 Å². The third-order valence-electron chi connectivity index (χ3n) is 8.34. The number of hydrogen-bond donors (Lipinski definition) is 5. The van der Waals surface area contributed by atoms with Crippen molar-refractivity contribution >= 4 is 29.4 Å². The number of imidazole rings is 1. The number of likely N-dealkylation sites (tertiary alicyclic amines) is 1. The van der Waals surface area contributed by atoms with Gasteiger partial charge in [0, 0.05) is 42.1 Å². The first-order chi connectivity index (χ1) is 20.2. The molecule has 5 N–H and O–H groups in total. The first-order valence-electron chi connectivity index (χ1n) is 14.0. The predicted octanol–water partition coefficient (Wildman–Crippen LogP) is 3.06. The van der Waals surface area contributed by atoms with Gasteiger partial charge in [-0.05, 0) is 81.1 Å². The average molecular weight is 575 g/mol. The van der Waals surface area contributed by atoms with Crippen molar-refractivity contribution in [3.63, 3.8) is 0 Å². The van der Waals surface area contributed by atoms with Crippen LogP contribution < -0.4 is 16.0 Å². The van der Waals surface area contributed by atoms with Gasteiger partial charge in [-0.1, -0.05) is 6.07 Å². The number of aromatic nitrogens is 2. The van der Waals surface area contributed by atoms with Gasteiger partial charge in [-0.2, -0.15) is 0 Å². The number of aliphatic carboxylic acids is 1. The van der Waals surface area contributed by atoms with Gasteiger partial charge in [-0.15, -0.1) is 0 Å². The molecule has 6 rings (SSSR count). The highest BCUT2D eigenvalue weighted by Crippen LogP contribution is 2.47. The third-order valence-corrected chi connectivity index (χ3v) is 8.34. The van der Waals surface area contributed by atoms with E-state index < -0.39 is 23.1 Å². The van der Waals surface area contributed by atoms with Crippen LogP contribution in [0.15, 0.2) is 30.3 Å². The number of carbonyl (C=O) groups excluding carboxylic acids is 3. The van der Waals surface area contributed by atoms with E-state index in [4.69, 9.17) is 0 Å². The summed E-state index contributed by atoms with van der Waals surface area (Å²) >= 11 is 0. The van der Waals surface area contributed by atoms with Crippen molar-refractivity contribution in [2.24, 2.45) is 5.41 Å². The van der Waals surface area contributed by atoms with E-state index in [2.05, 4.69) is 30.8 Å². The van der Waals surface area contributed by atoms with Crippen LogP contribution in [0.2, 0.25) is 0 Å². The van der Waals surface area contributed by atoms with Crippen molar-refractivity contribution < 1.29 is 28.7 Å². The number of amides is 3. The molecule has 3 amide bonds. The van der Waals surface area contributed by atoms with Crippen LogP contribution in [0, 0.1) is 18.2 Å². The molecule has 0 spiro atoms. The number of benzene rings is 2. The fourth-order valence-electron chi connectivity index (χ4n) is 5.75. The Morgan fingerprint density at radius 3 is 2.50 bits per heavy atom. The number of carboxylic acid groups (broad SMARTS) is 1. The van der Waals surface area contributed by atoms with Crippen molar-refractivity contribution in [2.45, 2.75) is 39.2 Å². The molecule has 11 nitrogen and oxygen atoms in total. The number of aryl methyl sites for hydroxylation is 1. The Hall–Kier alpha value is -4.58.